The Labute approximate surface area is 186 Å². The molecule has 31 heavy (non-hydrogen) atoms. The summed E-state index contributed by atoms with van der Waals surface area (Å²) in [5.74, 6) is 4.09. The predicted octanol–water partition coefficient (Wildman–Crippen LogP) is 4.90. The van der Waals surface area contributed by atoms with Gasteiger partial charge in [0, 0.05) is 12.1 Å². The monoisotopic (exact) mass is 423 g/mol. The fourth-order valence-corrected chi connectivity index (χ4v) is 8.58. The molecule has 5 rings (SSSR count). The number of rotatable bonds is 3. The van der Waals surface area contributed by atoms with Crippen LogP contribution < -0.4 is 0 Å². The highest BCUT2D eigenvalue weighted by Crippen LogP contribution is 2.65. The van der Waals surface area contributed by atoms with Crippen molar-refractivity contribution < 1.29 is 9.90 Å². The van der Waals surface area contributed by atoms with Crippen molar-refractivity contribution >= 4 is 5.78 Å². The molecule has 5 nitrogen and oxygen atoms in total. The lowest BCUT2D eigenvalue weighted by molar-refractivity contribution is -0.135. The highest BCUT2D eigenvalue weighted by molar-refractivity contribution is 5.85. The number of hydrogen-bond acceptors (Lipinski definition) is 4. The van der Waals surface area contributed by atoms with Crippen LogP contribution in [0.3, 0.4) is 0 Å². The molecule has 1 heterocycles. The Hall–Kier alpha value is -1.67. The molecule has 0 saturated heterocycles. The van der Waals surface area contributed by atoms with Crippen LogP contribution in [0, 0.1) is 52.3 Å². The highest BCUT2D eigenvalue weighted by atomic mass is 16.3. The lowest BCUT2D eigenvalue weighted by Gasteiger charge is -2.57. The van der Waals surface area contributed by atoms with Crippen LogP contribution in [0.5, 0.6) is 0 Å². The minimum Gasteiger partial charge on any atom is -0.390 e. The van der Waals surface area contributed by atoms with E-state index in [1.54, 1.807) is 17.1 Å². The molecule has 5 heteroatoms. The van der Waals surface area contributed by atoms with Crippen LogP contribution in [0.2, 0.25) is 0 Å². The molecule has 1 N–H and O–H groups in total. The molecule has 168 valence electrons. The molecule has 0 aliphatic heterocycles. The number of hydrogen-bond donors (Lipinski definition) is 1. The normalized spacial score (nSPS) is 45.1. The van der Waals surface area contributed by atoms with E-state index in [-0.39, 0.29) is 17.4 Å². The molecule has 4 saturated carbocycles. The van der Waals surface area contributed by atoms with Crippen LogP contribution in [0.1, 0.15) is 90.2 Å². The van der Waals surface area contributed by atoms with Gasteiger partial charge in [0.05, 0.1) is 17.4 Å². The lowest BCUT2D eigenvalue weighted by Crippen LogP contribution is -2.51. The minimum atomic E-state index is -0.462. The van der Waals surface area contributed by atoms with E-state index in [9.17, 15) is 9.90 Å². The Morgan fingerprint density at radius 1 is 1.16 bits per heavy atom. The van der Waals surface area contributed by atoms with E-state index in [0.29, 0.717) is 23.2 Å². The minimum absolute atomic E-state index is 0.102. The molecule has 4 aliphatic rings. The number of aromatic nitrogens is 2. The number of Topliss-reactive ketones (excluding diaryl/α,β-unsaturated/α-hetero) is 1. The first-order valence-electron chi connectivity index (χ1n) is 12.4. The van der Waals surface area contributed by atoms with Crippen molar-refractivity contribution in [1.29, 1.82) is 5.26 Å². The van der Waals surface area contributed by atoms with Gasteiger partial charge < -0.3 is 5.11 Å². The Kier molecular flexibility index (Phi) is 5.09. The number of carbonyl (C=O) groups is 1. The van der Waals surface area contributed by atoms with E-state index >= 15 is 0 Å². The number of ketones is 1. The first kappa shape index (κ1) is 21.2. The summed E-state index contributed by atoms with van der Waals surface area (Å²) >= 11 is 0. The standard InChI is InChI=1S/C26H37N3O2/c1-16(29-15-17(13-27)14-28-29)24(30)23-7-6-22-21-5-4-18-12-25(2,31)10-8-19(18)20(21)9-11-26(22,23)3/h14-16,18-23,31H,4-12H2,1-3H3/t16?,18?,19?,20?,21?,22?,23?,25-,26?/m1/s1. The lowest BCUT2D eigenvalue weighted by atomic mass is 9.49. The fraction of sp³-hybridized carbons (Fsp3) is 0.808. The van der Waals surface area contributed by atoms with E-state index < -0.39 is 5.60 Å². The maximum absolute atomic E-state index is 13.6. The van der Waals surface area contributed by atoms with E-state index in [1.165, 1.54) is 32.1 Å². The average Bonchev–Trinajstić information content (AvgIpc) is 3.35. The van der Waals surface area contributed by atoms with Crippen molar-refractivity contribution in [3.8, 4) is 6.07 Å². The molecule has 0 radical (unpaired) electrons. The summed E-state index contributed by atoms with van der Waals surface area (Å²) in [5, 5.41) is 24.0. The van der Waals surface area contributed by atoms with Gasteiger partial charge >= 0.3 is 0 Å². The van der Waals surface area contributed by atoms with Crippen LogP contribution in [0.15, 0.2) is 12.4 Å². The van der Waals surface area contributed by atoms with E-state index in [1.807, 2.05) is 13.8 Å². The molecule has 0 bridgehead atoms. The Bertz CT molecular complexity index is 899. The van der Waals surface area contributed by atoms with Crippen LogP contribution in [0.4, 0.5) is 0 Å². The maximum atomic E-state index is 13.6. The van der Waals surface area contributed by atoms with E-state index in [0.717, 1.165) is 43.4 Å². The third-order valence-electron chi connectivity index (χ3n) is 10.1. The average molecular weight is 424 g/mol. The second-order valence-corrected chi connectivity index (χ2v) is 11.7. The van der Waals surface area contributed by atoms with Gasteiger partial charge in [-0.15, -0.1) is 0 Å². The first-order chi connectivity index (χ1) is 14.7. The molecule has 9 atom stereocenters. The molecule has 4 fully saturated rings. The summed E-state index contributed by atoms with van der Waals surface area (Å²) < 4.78 is 1.68. The first-order valence-corrected chi connectivity index (χ1v) is 12.4. The highest BCUT2D eigenvalue weighted by Gasteiger charge is 2.59. The van der Waals surface area contributed by atoms with Crippen LogP contribution in [0.25, 0.3) is 0 Å². The summed E-state index contributed by atoms with van der Waals surface area (Å²) in [6.07, 6.45) is 13.5. The second-order valence-electron chi connectivity index (χ2n) is 11.7. The molecule has 0 spiro atoms. The SMILES string of the molecule is CC(C(=O)C1CCC2C3CCC4C[C@](C)(O)CCC4C3CCC12C)n1cc(C#N)cn1. The van der Waals surface area contributed by atoms with E-state index in [4.69, 9.17) is 5.26 Å². The predicted molar refractivity (Wildman–Crippen MR) is 118 cm³/mol. The Balaban J connectivity index is 1.33. The van der Waals surface area contributed by atoms with Gasteiger partial charge in [0.15, 0.2) is 5.78 Å². The third kappa shape index (κ3) is 3.37. The molecule has 0 amide bonds. The number of aliphatic hydroxyl groups is 1. The van der Waals surface area contributed by atoms with E-state index in [2.05, 4.69) is 18.1 Å². The van der Waals surface area contributed by atoms with Crippen LogP contribution >= 0.6 is 0 Å². The van der Waals surface area contributed by atoms with Crippen molar-refractivity contribution in [2.75, 3.05) is 0 Å². The van der Waals surface area contributed by atoms with Gasteiger partial charge in [0.2, 0.25) is 0 Å². The third-order valence-corrected chi connectivity index (χ3v) is 10.1. The van der Waals surface area contributed by atoms with Gasteiger partial charge in [0.25, 0.3) is 0 Å². The number of nitriles is 1. The number of nitrogens with zero attached hydrogens (tertiary/aromatic N) is 3. The quantitative estimate of drug-likeness (QED) is 0.749. The van der Waals surface area contributed by atoms with Gasteiger partial charge in [-0.25, -0.2) is 0 Å². The molecular formula is C26H37N3O2. The van der Waals surface area contributed by atoms with Crippen molar-refractivity contribution in [2.24, 2.45) is 40.9 Å². The van der Waals surface area contributed by atoms with Crippen molar-refractivity contribution in [2.45, 2.75) is 90.2 Å². The largest absolute Gasteiger partial charge is 0.390 e. The van der Waals surface area contributed by atoms with Crippen LogP contribution in [-0.4, -0.2) is 26.3 Å². The summed E-state index contributed by atoms with van der Waals surface area (Å²) in [6, 6.07) is 1.80. The summed E-state index contributed by atoms with van der Waals surface area (Å²) in [6.45, 7) is 6.37. The van der Waals surface area contributed by atoms with Crippen molar-refractivity contribution in [3.63, 3.8) is 0 Å². The zero-order valence-electron chi connectivity index (χ0n) is 19.3. The van der Waals surface area contributed by atoms with Crippen molar-refractivity contribution in [1.82, 2.24) is 9.78 Å². The number of carbonyl (C=O) groups excluding carboxylic acids is 1. The Morgan fingerprint density at radius 2 is 1.94 bits per heavy atom. The van der Waals surface area contributed by atoms with Crippen molar-refractivity contribution in [3.05, 3.63) is 18.0 Å². The topological polar surface area (TPSA) is 78.9 Å². The van der Waals surface area contributed by atoms with Gasteiger partial charge in [-0.1, -0.05) is 6.92 Å². The summed E-state index contributed by atoms with van der Waals surface area (Å²) in [5.41, 5.74) is 0.153. The van der Waals surface area contributed by atoms with Gasteiger partial charge in [0.1, 0.15) is 12.1 Å². The molecule has 4 aliphatic carbocycles. The molecule has 1 aromatic heterocycles. The molecular weight excluding hydrogens is 386 g/mol. The molecule has 0 aromatic carbocycles. The van der Waals surface area contributed by atoms with Gasteiger partial charge in [-0.2, -0.15) is 10.4 Å². The maximum Gasteiger partial charge on any atom is 0.160 e. The van der Waals surface area contributed by atoms with Gasteiger partial charge in [-0.05, 0) is 107 Å². The number of fused-ring (bicyclic) bond motifs is 5. The molecule has 1 aromatic rings. The summed E-state index contributed by atoms with van der Waals surface area (Å²) in [4.78, 5) is 13.6. The zero-order chi connectivity index (χ0) is 22.0. The Morgan fingerprint density at radius 3 is 2.68 bits per heavy atom. The van der Waals surface area contributed by atoms with Gasteiger partial charge in [-0.3, -0.25) is 9.48 Å². The second kappa shape index (κ2) is 7.44. The molecule has 8 unspecified atom stereocenters. The zero-order valence-corrected chi connectivity index (χ0v) is 19.3. The van der Waals surface area contributed by atoms with Crippen LogP contribution in [-0.2, 0) is 4.79 Å². The fourth-order valence-electron chi connectivity index (χ4n) is 8.58. The summed E-state index contributed by atoms with van der Waals surface area (Å²) in [7, 11) is 0. The smallest absolute Gasteiger partial charge is 0.160 e.